The first-order chi connectivity index (χ1) is 13.2. The van der Waals surface area contributed by atoms with Crippen molar-refractivity contribution in [2.75, 3.05) is 31.7 Å². The number of ether oxygens (including phenoxy) is 2. The smallest absolute Gasteiger partial charge is 0.128 e. The molecule has 27 heavy (non-hydrogen) atoms. The van der Waals surface area contributed by atoms with Crippen LogP contribution in [0.15, 0.2) is 42.5 Å². The molecule has 2 aromatic carbocycles. The minimum Gasteiger partial charge on any atom is -0.497 e. The first kappa shape index (κ1) is 20.9. The molecule has 0 heterocycles. The normalized spacial score (nSPS) is 11.0. The van der Waals surface area contributed by atoms with Gasteiger partial charge in [-0.25, -0.2) is 0 Å². The Bertz CT molecular complexity index is 718. The van der Waals surface area contributed by atoms with Gasteiger partial charge in [0, 0.05) is 30.4 Å². The van der Waals surface area contributed by atoms with Crippen LogP contribution in [-0.2, 0) is 0 Å². The average molecular weight is 368 g/mol. The second-order valence-electron chi connectivity index (χ2n) is 6.67. The Kier molecular flexibility index (Phi) is 8.76. The largest absolute Gasteiger partial charge is 0.497 e. The Balaban J connectivity index is 2.29. The number of benzene rings is 2. The summed E-state index contributed by atoms with van der Waals surface area (Å²) < 4.78 is 11.4. The van der Waals surface area contributed by atoms with Crippen LogP contribution in [0.25, 0.3) is 12.2 Å². The third kappa shape index (κ3) is 6.35. The molecular weight excluding hydrogens is 334 g/mol. The summed E-state index contributed by atoms with van der Waals surface area (Å²) in [6.07, 6.45) is 7.50. The van der Waals surface area contributed by atoms with Crippen LogP contribution in [0.4, 0.5) is 5.69 Å². The Morgan fingerprint density at radius 2 is 1.67 bits per heavy atom. The third-order valence-corrected chi connectivity index (χ3v) is 4.36. The molecule has 0 atom stereocenters. The van der Waals surface area contributed by atoms with Gasteiger partial charge in [-0.2, -0.15) is 0 Å². The van der Waals surface area contributed by atoms with Crippen LogP contribution in [0.3, 0.4) is 0 Å². The van der Waals surface area contributed by atoms with E-state index < -0.39 is 0 Å². The highest BCUT2D eigenvalue weighted by atomic mass is 16.5. The van der Waals surface area contributed by atoms with Crippen molar-refractivity contribution in [3.63, 3.8) is 0 Å². The Morgan fingerprint density at radius 3 is 2.33 bits per heavy atom. The summed E-state index contributed by atoms with van der Waals surface area (Å²) in [4.78, 5) is 2.44. The molecule has 3 nitrogen and oxygen atoms in total. The van der Waals surface area contributed by atoms with Gasteiger partial charge in [-0.15, -0.1) is 0 Å². The molecule has 0 aliphatic heterocycles. The molecule has 146 valence electrons. The summed E-state index contributed by atoms with van der Waals surface area (Å²) in [5, 5.41) is 0. The van der Waals surface area contributed by atoms with Gasteiger partial charge in [0.05, 0.1) is 13.7 Å². The minimum atomic E-state index is 0.727. The second-order valence-corrected chi connectivity index (χ2v) is 6.67. The Labute approximate surface area is 164 Å². The van der Waals surface area contributed by atoms with Gasteiger partial charge in [0.15, 0.2) is 0 Å². The maximum Gasteiger partial charge on any atom is 0.128 e. The minimum absolute atomic E-state index is 0.727. The van der Waals surface area contributed by atoms with Gasteiger partial charge < -0.3 is 14.4 Å². The lowest BCUT2D eigenvalue weighted by atomic mass is 10.1. The summed E-state index contributed by atoms with van der Waals surface area (Å²) in [6.45, 7) is 9.45. The molecule has 0 radical (unpaired) electrons. The van der Waals surface area contributed by atoms with Crippen LogP contribution < -0.4 is 14.4 Å². The van der Waals surface area contributed by atoms with E-state index in [4.69, 9.17) is 9.47 Å². The molecule has 0 saturated heterocycles. The molecule has 0 spiro atoms. The number of methoxy groups -OCH3 is 1. The number of hydrogen-bond acceptors (Lipinski definition) is 3. The summed E-state index contributed by atoms with van der Waals surface area (Å²) in [7, 11) is 1.69. The second kappa shape index (κ2) is 11.3. The fourth-order valence-corrected chi connectivity index (χ4v) is 3.04. The highest BCUT2D eigenvalue weighted by molar-refractivity contribution is 5.74. The molecular formula is C24H33NO2. The van der Waals surface area contributed by atoms with Crippen molar-refractivity contribution in [3.05, 3.63) is 53.6 Å². The van der Waals surface area contributed by atoms with Gasteiger partial charge in [0.25, 0.3) is 0 Å². The zero-order chi connectivity index (χ0) is 19.5. The van der Waals surface area contributed by atoms with Crippen LogP contribution in [0.2, 0.25) is 0 Å². The van der Waals surface area contributed by atoms with E-state index in [1.165, 1.54) is 5.69 Å². The van der Waals surface area contributed by atoms with Crippen molar-refractivity contribution in [2.24, 2.45) is 0 Å². The van der Waals surface area contributed by atoms with Crippen molar-refractivity contribution >= 4 is 17.8 Å². The Hall–Kier alpha value is -2.42. The van der Waals surface area contributed by atoms with E-state index in [1.807, 2.05) is 18.2 Å². The van der Waals surface area contributed by atoms with E-state index in [0.29, 0.717) is 0 Å². The fourth-order valence-electron chi connectivity index (χ4n) is 3.04. The molecule has 0 aromatic heterocycles. The van der Waals surface area contributed by atoms with Crippen molar-refractivity contribution < 1.29 is 9.47 Å². The molecule has 2 rings (SSSR count). The lowest BCUT2D eigenvalue weighted by Gasteiger charge is -2.25. The van der Waals surface area contributed by atoms with Gasteiger partial charge in [0.1, 0.15) is 11.5 Å². The quantitative estimate of drug-likeness (QED) is 0.436. The van der Waals surface area contributed by atoms with E-state index in [-0.39, 0.29) is 0 Å². The van der Waals surface area contributed by atoms with E-state index >= 15 is 0 Å². The third-order valence-electron chi connectivity index (χ3n) is 4.36. The molecule has 0 aliphatic carbocycles. The van der Waals surface area contributed by atoms with Crippen molar-refractivity contribution in [1.82, 2.24) is 0 Å². The maximum absolute atomic E-state index is 6.06. The monoisotopic (exact) mass is 367 g/mol. The lowest BCUT2D eigenvalue weighted by Crippen LogP contribution is -2.24. The van der Waals surface area contributed by atoms with Crippen molar-refractivity contribution in [3.8, 4) is 11.5 Å². The summed E-state index contributed by atoms with van der Waals surface area (Å²) in [5.41, 5.74) is 3.45. The fraction of sp³-hybridized carbons (Fsp3) is 0.417. The van der Waals surface area contributed by atoms with Gasteiger partial charge >= 0.3 is 0 Å². The molecule has 2 aromatic rings. The van der Waals surface area contributed by atoms with E-state index in [0.717, 1.165) is 61.6 Å². The first-order valence-corrected chi connectivity index (χ1v) is 10.1. The van der Waals surface area contributed by atoms with E-state index in [1.54, 1.807) is 7.11 Å². The highest BCUT2D eigenvalue weighted by Gasteiger charge is 2.09. The maximum atomic E-state index is 6.06. The van der Waals surface area contributed by atoms with Crippen LogP contribution in [0.5, 0.6) is 11.5 Å². The van der Waals surface area contributed by atoms with Crippen molar-refractivity contribution in [2.45, 2.75) is 40.0 Å². The molecule has 3 heteroatoms. The molecule has 0 fully saturated rings. The molecule has 0 bridgehead atoms. The zero-order valence-electron chi connectivity index (χ0n) is 17.2. The zero-order valence-corrected chi connectivity index (χ0v) is 17.2. The molecule has 0 amide bonds. The van der Waals surface area contributed by atoms with Gasteiger partial charge in [-0.1, -0.05) is 45.1 Å². The van der Waals surface area contributed by atoms with E-state index in [2.05, 4.69) is 62.1 Å². The summed E-state index contributed by atoms with van der Waals surface area (Å²) >= 11 is 0. The molecule has 0 saturated carbocycles. The van der Waals surface area contributed by atoms with Gasteiger partial charge in [-0.05, 0) is 49.1 Å². The Morgan fingerprint density at radius 1 is 0.889 bits per heavy atom. The SMILES string of the molecule is CCCOc1cc(N(CCC)CCC)ccc1C=Cc1cccc(OC)c1. The predicted molar refractivity (Wildman–Crippen MR) is 117 cm³/mol. The molecule has 0 N–H and O–H groups in total. The van der Waals surface area contributed by atoms with Crippen LogP contribution in [0, 0.1) is 0 Å². The number of nitrogens with zero attached hydrogens (tertiary/aromatic N) is 1. The van der Waals surface area contributed by atoms with Crippen LogP contribution in [0.1, 0.15) is 51.2 Å². The highest BCUT2D eigenvalue weighted by Crippen LogP contribution is 2.28. The molecule has 0 aliphatic rings. The number of hydrogen-bond donors (Lipinski definition) is 0. The number of anilines is 1. The average Bonchev–Trinajstić information content (AvgIpc) is 2.71. The summed E-state index contributed by atoms with van der Waals surface area (Å²) in [6, 6.07) is 14.6. The predicted octanol–water partition coefficient (Wildman–Crippen LogP) is 6.28. The van der Waals surface area contributed by atoms with Crippen LogP contribution >= 0.6 is 0 Å². The standard InChI is InChI=1S/C24H33NO2/c1-5-15-25(16-6-2)22-14-13-21(24(19-22)27-17-7-3)12-11-20-9-8-10-23(18-20)26-4/h8-14,18-19H,5-7,15-17H2,1-4H3. The molecule has 0 unspecified atom stereocenters. The van der Waals surface area contributed by atoms with Gasteiger partial charge in [0.2, 0.25) is 0 Å². The van der Waals surface area contributed by atoms with Crippen molar-refractivity contribution in [1.29, 1.82) is 0 Å². The van der Waals surface area contributed by atoms with Crippen LogP contribution in [-0.4, -0.2) is 26.8 Å². The van der Waals surface area contributed by atoms with E-state index in [9.17, 15) is 0 Å². The lowest BCUT2D eigenvalue weighted by molar-refractivity contribution is 0.317. The first-order valence-electron chi connectivity index (χ1n) is 10.1. The topological polar surface area (TPSA) is 21.7 Å². The number of rotatable bonds is 11. The van der Waals surface area contributed by atoms with Gasteiger partial charge in [-0.3, -0.25) is 0 Å². The summed E-state index contributed by atoms with van der Waals surface area (Å²) in [5.74, 6) is 1.82.